The van der Waals surface area contributed by atoms with Gasteiger partial charge in [-0.1, -0.05) is 12.1 Å². The molecule has 34 heavy (non-hydrogen) atoms. The molecular weight excluding hydrogens is 439 g/mol. The number of ketones is 1. The van der Waals surface area contributed by atoms with Crippen molar-refractivity contribution in [2.24, 2.45) is 0 Å². The van der Waals surface area contributed by atoms with Gasteiger partial charge in [0.25, 0.3) is 11.7 Å². The Hall–Kier alpha value is -4.20. The molecule has 174 valence electrons. The normalized spacial score (nSPS) is 17.1. The van der Waals surface area contributed by atoms with Gasteiger partial charge in [0.15, 0.2) is 11.5 Å². The molecular formula is C26H23FN2O5. The number of benzene rings is 2. The number of carbonyl (C=O) groups is 2. The van der Waals surface area contributed by atoms with Gasteiger partial charge in [-0.15, -0.1) is 0 Å². The number of ether oxygens (including phenoxy) is 2. The van der Waals surface area contributed by atoms with E-state index in [1.807, 2.05) is 6.92 Å². The highest BCUT2D eigenvalue weighted by molar-refractivity contribution is 6.46. The van der Waals surface area contributed by atoms with Crippen LogP contribution in [0.15, 0.2) is 72.6 Å². The fourth-order valence-electron chi connectivity index (χ4n) is 3.97. The first-order valence-electron chi connectivity index (χ1n) is 10.7. The van der Waals surface area contributed by atoms with E-state index in [4.69, 9.17) is 9.47 Å². The minimum absolute atomic E-state index is 0.0910. The third-order valence-corrected chi connectivity index (χ3v) is 5.54. The predicted octanol–water partition coefficient (Wildman–Crippen LogP) is 4.25. The van der Waals surface area contributed by atoms with Crippen molar-refractivity contribution >= 4 is 17.4 Å². The van der Waals surface area contributed by atoms with Crippen molar-refractivity contribution in [3.8, 4) is 11.5 Å². The van der Waals surface area contributed by atoms with Crippen LogP contribution in [-0.4, -0.2) is 40.4 Å². The van der Waals surface area contributed by atoms with Gasteiger partial charge in [-0.25, -0.2) is 4.39 Å². The maximum atomic E-state index is 13.4. The van der Waals surface area contributed by atoms with Crippen LogP contribution in [-0.2, 0) is 16.1 Å². The fourth-order valence-corrected chi connectivity index (χ4v) is 3.97. The van der Waals surface area contributed by atoms with Crippen LogP contribution in [0.1, 0.15) is 29.7 Å². The summed E-state index contributed by atoms with van der Waals surface area (Å²) < 4.78 is 24.5. The molecule has 1 aliphatic rings. The summed E-state index contributed by atoms with van der Waals surface area (Å²) >= 11 is 0. The lowest BCUT2D eigenvalue weighted by atomic mass is 9.95. The average molecular weight is 462 g/mol. The molecule has 0 radical (unpaired) electrons. The minimum Gasteiger partial charge on any atom is -0.507 e. The topological polar surface area (TPSA) is 89.0 Å². The molecule has 1 saturated heterocycles. The van der Waals surface area contributed by atoms with Gasteiger partial charge < -0.3 is 19.5 Å². The highest BCUT2D eigenvalue weighted by Crippen LogP contribution is 2.42. The minimum atomic E-state index is -0.908. The monoisotopic (exact) mass is 462 g/mol. The van der Waals surface area contributed by atoms with E-state index in [1.165, 1.54) is 36.3 Å². The number of hydrogen-bond donors (Lipinski definition) is 1. The number of aliphatic hydroxyl groups excluding tert-OH is 1. The van der Waals surface area contributed by atoms with Crippen LogP contribution in [0, 0.1) is 5.82 Å². The smallest absolute Gasteiger partial charge is 0.295 e. The Balaban J connectivity index is 1.88. The molecule has 1 N–H and O–H groups in total. The Morgan fingerprint density at radius 1 is 1.12 bits per heavy atom. The Labute approximate surface area is 196 Å². The van der Waals surface area contributed by atoms with E-state index in [1.54, 1.807) is 42.7 Å². The van der Waals surface area contributed by atoms with Gasteiger partial charge in [0.05, 0.1) is 25.3 Å². The van der Waals surface area contributed by atoms with Crippen molar-refractivity contribution in [1.82, 2.24) is 9.88 Å². The van der Waals surface area contributed by atoms with E-state index in [-0.39, 0.29) is 23.4 Å². The molecule has 1 fully saturated rings. The number of pyridine rings is 1. The molecule has 2 heterocycles. The molecule has 8 heteroatoms. The molecule has 0 bridgehead atoms. The maximum Gasteiger partial charge on any atom is 0.295 e. The number of amides is 1. The first-order chi connectivity index (χ1) is 16.4. The first kappa shape index (κ1) is 23.0. The summed E-state index contributed by atoms with van der Waals surface area (Å²) in [7, 11) is 1.49. The molecule has 0 aliphatic carbocycles. The molecule has 1 unspecified atom stereocenters. The third kappa shape index (κ3) is 4.34. The highest BCUT2D eigenvalue weighted by atomic mass is 19.1. The van der Waals surface area contributed by atoms with Gasteiger partial charge in [0, 0.05) is 24.5 Å². The largest absolute Gasteiger partial charge is 0.507 e. The number of likely N-dealkylation sites (tertiary alicyclic amines) is 1. The van der Waals surface area contributed by atoms with Gasteiger partial charge in [0.1, 0.15) is 11.6 Å². The van der Waals surface area contributed by atoms with Crippen LogP contribution in [0.3, 0.4) is 0 Å². The summed E-state index contributed by atoms with van der Waals surface area (Å²) in [6.45, 7) is 2.37. The molecule has 2 aromatic carbocycles. The van der Waals surface area contributed by atoms with Gasteiger partial charge in [0.2, 0.25) is 0 Å². The number of carbonyl (C=O) groups excluding carboxylic acids is 2. The van der Waals surface area contributed by atoms with Crippen LogP contribution < -0.4 is 9.47 Å². The van der Waals surface area contributed by atoms with Gasteiger partial charge in [-0.2, -0.15) is 0 Å². The second kappa shape index (κ2) is 9.74. The molecule has 0 spiro atoms. The van der Waals surface area contributed by atoms with Gasteiger partial charge in [-0.05, 0) is 60.5 Å². The van der Waals surface area contributed by atoms with Gasteiger partial charge in [-0.3, -0.25) is 14.6 Å². The van der Waals surface area contributed by atoms with Crippen molar-refractivity contribution in [3.63, 3.8) is 0 Å². The number of halogens is 1. The summed E-state index contributed by atoms with van der Waals surface area (Å²) in [4.78, 5) is 31.7. The maximum absolute atomic E-state index is 13.4. The molecule has 1 atom stereocenters. The van der Waals surface area contributed by atoms with Crippen molar-refractivity contribution < 1.29 is 28.6 Å². The quantitative estimate of drug-likeness (QED) is 0.321. The summed E-state index contributed by atoms with van der Waals surface area (Å²) in [5, 5.41) is 11.1. The standard InChI is InChI=1S/C26H23FN2O5/c1-3-34-20-11-8-18(13-21(20)33-2)23-22(24(30)17-6-9-19(27)10-7-17)25(31)26(32)29(23)15-16-5-4-12-28-14-16/h4-14,23,30H,3,15H2,1-2H3/b24-22-. The molecule has 4 rings (SSSR count). The third-order valence-electron chi connectivity index (χ3n) is 5.54. The Morgan fingerprint density at radius 2 is 1.88 bits per heavy atom. The number of hydrogen-bond acceptors (Lipinski definition) is 6. The van der Waals surface area contributed by atoms with Crippen LogP contribution in [0.25, 0.3) is 5.76 Å². The van der Waals surface area contributed by atoms with E-state index in [2.05, 4.69) is 4.98 Å². The first-order valence-corrected chi connectivity index (χ1v) is 10.7. The predicted molar refractivity (Wildman–Crippen MR) is 123 cm³/mol. The summed E-state index contributed by atoms with van der Waals surface area (Å²) in [6, 6.07) is 12.8. The lowest BCUT2D eigenvalue weighted by Crippen LogP contribution is -2.29. The van der Waals surface area contributed by atoms with Crippen LogP contribution in [0.5, 0.6) is 11.5 Å². The second-order valence-electron chi connectivity index (χ2n) is 7.64. The summed E-state index contributed by atoms with van der Waals surface area (Å²) in [5.41, 5.74) is 1.40. The van der Waals surface area contributed by atoms with E-state index in [9.17, 15) is 19.1 Å². The molecule has 7 nitrogen and oxygen atoms in total. The average Bonchev–Trinajstić information content (AvgIpc) is 3.10. The number of aromatic nitrogens is 1. The summed E-state index contributed by atoms with van der Waals surface area (Å²) in [6.07, 6.45) is 3.22. The van der Waals surface area contributed by atoms with Crippen LogP contribution in [0.4, 0.5) is 4.39 Å². The number of aliphatic hydroxyl groups is 1. The number of methoxy groups -OCH3 is 1. The zero-order valence-electron chi connectivity index (χ0n) is 18.7. The lowest BCUT2D eigenvalue weighted by molar-refractivity contribution is -0.140. The van der Waals surface area contributed by atoms with E-state index in [0.717, 1.165) is 0 Å². The van der Waals surface area contributed by atoms with E-state index >= 15 is 0 Å². The number of rotatable bonds is 7. The molecule has 1 aliphatic heterocycles. The highest BCUT2D eigenvalue weighted by Gasteiger charge is 2.46. The molecule has 1 aromatic heterocycles. The Bertz CT molecular complexity index is 1240. The Morgan fingerprint density at radius 3 is 2.53 bits per heavy atom. The lowest BCUT2D eigenvalue weighted by Gasteiger charge is -2.26. The zero-order valence-corrected chi connectivity index (χ0v) is 18.7. The van der Waals surface area contributed by atoms with Crippen molar-refractivity contribution in [2.75, 3.05) is 13.7 Å². The van der Waals surface area contributed by atoms with Gasteiger partial charge >= 0.3 is 0 Å². The fraction of sp³-hybridized carbons (Fsp3) is 0.192. The van der Waals surface area contributed by atoms with Crippen molar-refractivity contribution in [2.45, 2.75) is 19.5 Å². The molecule has 1 amide bonds. The number of nitrogens with zero attached hydrogens (tertiary/aromatic N) is 2. The summed E-state index contributed by atoms with van der Waals surface area (Å²) in [5.74, 6) is -1.52. The van der Waals surface area contributed by atoms with Crippen molar-refractivity contribution in [3.05, 3.63) is 95.1 Å². The molecule has 3 aromatic rings. The molecule has 0 saturated carbocycles. The number of Topliss-reactive ketones (excluding diaryl/α,β-unsaturated/α-hetero) is 1. The van der Waals surface area contributed by atoms with E-state index < -0.39 is 23.5 Å². The second-order valence-corrected chi connectivity index (χ2v) is 7.64. The van der Waals surface area contributed by atoms with Crippen LogP contribution >= 0.6 is 0 Å². The van der Waals surface area contributed by atoms with Crippen molar-refractivity contribution in [1.29, 1.82) is 0 Å². The van der Waals surface area contributed by atoms with Crippen LogP contribution in [0.2, 0.25) is 0 Å². The zero-order chi connectivity index (χ0) is 24.2. The Kier molecular flexibility index (Phi) is 6.58. The SMILES string of the molecule is CCOc1ccc(C2/C(=C(/O)c3ccc(F)cc3)C(=O)C(=O)N2Cc2cccnc2)cc1OC. The van der Waals surface area contributed by atoms with E-state index in [0.29, 0.717) is 29.2 Å².